The van der Waals surface area contributed by atoms with Crippen molar-refractivity contribution in [2.45, 2.75) is 26.2 Å². The van der Waals surface area contributed by atoms with Crippen LogP contribution in [0.5, 0.6) is 0 Å². The van der Waals surface area contributed by atoms with Crippen molar-refractivity contribution < 1.29 is 5.11 Å². The van der Waals surface area contributed by atoms with Crippen molar-refractivity contribution in [3.8, 4) is 11.1 Å². The Bertz CT molecular complexity index is 420. The lowest BCUT2D eigenvalue weighted by Crippen LogP contribution is -1.90. The first-order valence-corrected chi connectivity index (χ1v) is 6.62. The molecule has 0 aliphatic carbocycles. The molecule has 2 aromatic carbocycles. The molecular weight excluding hydrogens is 220 g/mol. The largest absolute Gasteiger partial charge is 0.396 e. The molecule has 0 aliphatic rings. The Morgan fingerprint density at radius 3 is 1.56 bits per heavy atom. The van der Waals surface area contributed by atoms with Crippen molar-refractivity contribution in [3.05, 3.63) is 59.7 Å². The van der Waals surface area contributed by atoms with Crippen molar-refractivity contribution in [2.24, 2.45) is 0 Å². The van der Waals surface area contributed by atoms with Crippen LogP contribution < -0.4 is 0 Å². The fraction of sp³-hybridized carbons (Fsp3) is 0.294. The average Bonchev–Trinajstić information content (AvgIpc) is 2.41. The van der Waals surface area contributed by atoms with E-state index in [1.807, 2.05) is 0 Å². The van der Waals surface area contributed by atoms with Crippen LogP contribution in [0.25, 0.3) is 11.1 Å². The number of hydrogen-bond donors (Lipinski definition) is 1. The molecule has 0 atom stereocenters. The van der Waals surface area contributed by atoms with E-state index in [4.69, 9.17) is 5.11 Å². The molecular formula is C17H20O. The molecule has 0 radical (unpaired) electrons. The lowest BCUT2D eigenvalue weighted by molar-refractivity contribution is 0.299. The van der Waals surface area contributed by atoms with E-state index >= 15 is 0 Å². The highest BCUT2D eigenvalue weighted by atomic mass is 16.2. The van der Waals surface area contributed by atoms with E-state index < -0.39 is 0 Å². The zero-order valence-electron chi connectivity index (χ0n) is 10.9. The molecule has 0 saturated heterocycles. The van der Waals surface area contributed by atoms with Gasteiger partial charge in [-0.2, -0.15) is 0 Å². The van der Waals surface area contributed by atoms with Crippen LogP contribution >= 0.6 is 0 Å². The molecule has 0 saturated carbocycles. The Labute approximate surface area is 109 Å². The predicted molar refractivity (Wildman–Crippen MR) is 76.7 cm³/mol. The maximum absolute atomic E-state index is 8.89. The minimum atomic E-state index is 0.213. The van der Waals surface area contributed by atoms with E-state index in [9.17, 15) is 0 Å². The van der Waals surface area contributed by atoms with E-state index in [1.165, 1.54) is 28.7 Å². The van der Waals surface area contributed by atoms with Crippen molar-refractivity contribution in [3.63, 3.8) is 0 Å². The summed E-state index contributed by atoms with van der Waals surface area (Å²) in [5.74, 6) is 0. The molecule has 0 aromatic heterocycles. The molecule has 1 N–H and O–H groups in total. The van der Waals surface area contributed by atoms with Crippen molar-refractivity contribution >= 4 is 0 Å². The van der Waals surface area contributed by atoms with Crippen LogP contribution in [0, 0.1) is 0 Å². The Hall–Kier alpha value is -1.60. The number of benzene rings is 2. The molecule has 94 valence electrons. The summed E-state index contributed by atoms with van der Waals surface area (Å²) < 4.78 is 0. The standard InChI is InChI=1S/C17H20O/c1-2-3-14-4-8-16(9-5-14)17-10-6-15(7-11-17)12-13-18/h4-11,18H,2-3,12-13H2,1H3. The zero-order valence-corrected chi connectivity index (χ0v) is 10.9. The highest BCUT2D eigenvalue weighted by Crippen LogP contribution is 2.21. The van der Waals surface area contributed by atoms with Crippen molar-refractivity contribution in [1.29, 1.82) is 0 Å². The third kappa shape index (κ3) is 3.21. The van der Waals surface area contributed by atoms with Gasteiger partial charge in [0.2, 0.25) is 0 Å². The summed E-state index contributed by atoms with van der Waals surface area (Å²) in [6, 6.07) is 17.2. The lowest BCUT2D eigenvalue weighted by Gasteiger charge is -2.05. The quantitative estimate of drug-likeness (QED) is 0.842. The van der Waals surface area contributed by atoms with Crippen LogP contribution in [0.4, 0.5) is 0 Å². The van der Waals surface area contributed by atoms with Gasteiger partial charge in [-0.15, -0.1) is 0 Å². The van der Waals surface area contributed by atoms with Crippen LogP contribution in [-0.4, -0.2) is 11.7 Å². The molecule has 1 nitrogen and oxygen atoms in total. The molecule has 2 rings (SSSR count). The monoisotopic (exact) mass is 240 g/mol. The van der Waals surface area contributed by atoms with E-state index in [0.29, 0.717) is 0 Å². The van der Waals surface area contributed by atoms with Crippen LogP contribution in [0.1, 0.15) is 24.5 Å². The Kier molecular flexibility index (Phi) is 4.54. The minimum Gasteiger partial charge on any atom is -0.396 e. The molecule has 0 aliphatic heterocycles. The van der Waals surface area contributed by atoms with Gasteiger partial charge in [0.25, 0.3) is 0 Å². The van der Waals surface area contributed by atoms with E-state index in [-0.39, 0.29) is 6.61 Å². The maximum atomic E-state index is 8.89. The Balaban J connectivity index is 2.15. The first-order chi connectivity index (χ1) is 8.83. The van der Waals surface area contributed by atoms with E-state index in [0.717, 1.165) is 12.8 Å². The van der Waals surface area contributed by atoms with Gasteiger partial charge in [0, 0.05) is 6.61 Å². The second kappa shape index (κ2) is 6.36. The minimum absolute atomic E-state index is 0.213. The molecule has 1 heteroatoms. The van der Waals surface area contributed by atoms with Gasteiger partial charge in [-0.1, -0.05) is 61.9 Å². The third-order valence-electron chi connectivity index (χ3n) is 3.18. The highest BCUT2D eigenvalue weighted by Gasteiger charge is 1.98. The Morgan fingerprint density at radius 2 is 1.17 bits per heavy atom. The van der Waals surface area contributed by atoms with Gasteiger partial charge in [-0.3, -0.25) is 0 Å². The second-order valence-corrected chi connectivity index (χ2v) is 4.62. The fourth-order valence-corrected chi connectivity index (χ4v) is 2.15. The number of hydrogen-bond acceptors (Lipinski definition) is 1. The summed E-state index contributed by atoms with van der Waals surface area (Å²) in [6.45, 7) is 2.42. The summed E-state index contributed by atoms with van der Waals surface area (Å²) in [5.41, 5.74) is 5.08. The molecule has 2 aromatic rings. The second-order valence-electron chi connectivity index (χ2n) is 4.62. The fourth-order valence-electron chi connectivity index (χ4n) is 2.15. The third-order valence-corrected chi connectivity index (χ3v) is 3.18. The van der Waals surface area contributed by atoms with Gasteiger partial charge in [0.05, 0.1) is 0 Å². The molecule has 0 amide bonds. The SMILES string of the molecule is CCCc1ccc(-c2ccc(CCO)cc2)cc1. The summed E-state index contributed by atoms with van der Waals surface area (Å²) in [6.07, 6.45) is 3.07. The van der Waals surface area contributed by atoms with E-state index in [1.54, 1.807) is 0 Å². The molecule has 0 fully saturated rings. The summed E-state index contributed by atoms with van der Waals surface area (Å²) in [7, 11) is 0. The predicted octanol–water partition coefficient (Wildman–Crippen LogP) is 3.84. The number of aliphatic hydroxyl groups is 1. The van der Waals surface area contributed by atoms with Crippen LogP contribution in [0.2, 0.25) is 0 Å². The maximum Gasteiger partial charge on any atom is 0.0471 e. The van der Waals surface area contributed by atoms with Gasteiger partial charge in [0.15, 0.2) is 0 Å². The van der Waals surface area contributed by atoms with Crippen molar-refractivity contribution in [1.82, 2.24) is 0 Å². The average molecular weight is 240 g/mol. The molecule has 0 bridgehead atoms. The van der Waals surface area contributed by atoms with Gasteiger partial charge in [-0.05, 0) is 35.1 Å². The lowest BCUT2D eigenvalue weighted by atomic mass is 10.0. The van der Waals surface area contributed by atoms with Gasteiger partial charge >= 0.3 is 0 Å². The molecule has 0 unspecified atom stereocenters. The smallest absolute Gasteiger partial charge is 0.0471 e. The highest BCUT2D eigenvalue weighted by molar-refractivity contribution is 5.63. The van der Waals surface area contributed by atoms with Crippen LogP contribution in [0.3, 0.4) is 0 Å². The number of rotatable bonds is 5. The first kappa shape index (κ1) is 12.8. The van der Waals surface area contributed by atoms with Gasteiger partial charge in [-0.25, -0.2) is 0 Å². The molecule has 18 heavy (non-hydrogen) atoms. The topological polar surface area (TPSA) is 20.2 Å². The van der Waals surface area contributed by atoms with E-state index in [2.05, 4.69) is 55.5 Å². The van der Waals surface area contributed by atoms with Gasteiger partial charge in [0.1, 0.15) is 0 Å². The number of aliphatic hydroxyl groups excluding tert-OH is 1. The van der Waals surface area contributed by atoms with Crippen LogP contribution in [0.15, 0.2) is 48.5 Å². The zero-order chi connectivity index (χ0) is 12.8. The molecule has 0 spiro atoms. The summed E-state index contributed by atoms with van der Waals surface area (Å²) in [5, 5.41) is 8.89. The first-order valence-electron chi connectivity index (χ1n) is 6.62. The van der Waals surface area contributed by atoms with Crippen LogP contribution in [-0.2, 0) is 12.8 Å². The molecule has 0 heterocycles. The summed E-state index contributed by atoms with van der Waals surface area (Å²) in [4.78, 5) is 0. The summed E-state index contributed by atoms with van der Waals surface area (Å²) >= 11 is 0. The normalized spacial score (nSPS) is 10.6. The number of aryl methyl sites for hydroxylation is 1. The van der Waals surface area contributed by atoms with Gasteiger partial charge < -0.3 is 5.11 Å². The Morgan fingerprint density at radius 1 is 0.722 bits per heavy atom. The van der Waals surface area contributed by atoms with Crippen molar-refractivity contribution in [2.75, 3.05) is 6.61 Å².